The van der Waals surface area contributed by atoms with Gasteiger partial charge in [0.15, 0.2) is 5.82 Å². The lowest BCUT2D eigenvalue weighted by Crippen LogP contribution is -2.36. The van der Waals surface area contributed by atoms with Crippen molar-refractivity contribution in [3.05, 3.63) is 47.9 Å². The number of methoxy groups -OCH3 is 2. The summed E-state index contributed by atoms with van der Waals surface area (Å²) < 4.78 is 16.4. The number of nitrogens with zero attached hydrogens (tertiary/aromatic N) is 6. The summed E-state index contributed by atoms with van der Waals surface area (Å²) in [5, 5.41) is 0. The molecule has 1 aliphatic heterocycles. The van der Waals surface area contributed by atoms with Gasteiger partial charge in [0.2, 0.25) is 11.8 Å². The van der Waals surface area contributed by atoms with Crippen LogP contribution in [0, 0.1) is 6.92 Å². The van der Waals surface area contributed by atoms with E-state index in [1.54, 1.807) is 0 Å². The second kappa shape index (κ2) is 8.89. The number of anilines is 1. The van der Waals surface area contributed by atoms with Gasteiger partial charge in [-0.3, -0.25) is 0 Å². The van der Waals surface area contributed by atoms with Crippen LogP contribution in [0.1, 0.15) is 36.8 Å². The number of hydrogen-bond donors (Lipinski definition) is 0. The van der Waals surface area contributed by atoms with Crippen LogP contribution in [0.15, 0.2) is 36.4 Å². The van der Waals surface area contributed by atoms with Crippen LogP contribution < -0.4 is 19.1 Å². The van der Waals surface area contributed by atoms with Crippen molar-refractivity contribution in [1.29, 1.82) is 0 Å². The number of benzene rings is 1. The monoisotopic (exact) mass is 408 g/mol. The number of rotatable bonds is 6. The summed E-state index contributed by atoms with van der Waals surface area (Å²) in [5.41, 5.74) is 0.835. The third-order valence-corrected chi connectivity index (χ3v) is 4.82. The average Bonchev–Trinajstić information content (AvgIpc) is 2.79. The highest BCUT2D eigenvalue weighted by Gasteiger charge is 2.30. The molecule has 1 atom stereocenters. The second-order valence-electron chi connectivity index (χ2n) is 6.93. The van der Waals surface area contributed by atoms with E-state index in [0.717, 1.165) is 37.3 Å². The predicted molar refractivity (Wildman–Crippen MR) is 110 cm³/mol. The largest absolute Gasteiger partial charge is 0.467 e. The summed E-state index contributed by atoms with van der Waals surface area (Å²) >= 11 is 0. The number of piperidine rings is 1. The molecule has 1 aromatic carbocycles. The Morgan fingerprint density at radius 1 is 0.900 bits per heavy atom. The van der Waals surface area contributed by atoms with E-state index in [0.29, 0.717) is 17.7 Å². The van der Waals surface area contributed by atoms with Gasteiger partial charge in [0.05, 0.1) is 20.3 Å². The Labute approximate surface area is 175 Å². The van der Waals surface area contributed by atoms with E-state index in [-0.39, 0.29) is 18.1 Å². The molecule has 3 heterocycles. The molecular formula is C21H24N6O3. The minimum absolute atomic E-state index is 0.0893. The maximum absolute atomic E-state index is 5.95. The smallest absolute Gasteiger partial charge is 0.324 e. The Balaban J connectivity index is 1.68. The van der Waals surface area contributed by atoms with Crippen LogP contribution in [-0.2, 0) is 0 Å². The van der Waals surface area contributed by atoms with E-state index in [1.807, 2.05) is 43.3 Å². The molecule has 0 bridgehead atoms. The zero-order chi connectivity index (χ0) is 20.9. The maximum Gasteiger partial charge on any atom is 0.324 e. The first-order valence-corrected chi connectivity index (χ1v) is 9.85. The van der Waals surface area contributed by atoms with Crippen LogP contribution in [0.3, 0.4) is 0 Å². The lowest BCUT2D eigenvalue weighted by atomic mass is 10.0. The van der Waals surface area contributed by atoms with Crippen molar-refractivity contribution in [1.82, 2.24) is 24.9 Å². The summed E-state index contributed by atoms with van der Waals surface area (Å²) in [5.74, 6) is 2.41. The Hall–Kier alpha value is -3.49. The molecule has 1 unspecified atom stereocenters. The Bertz CT molecular complexity index is 979. The summed E-state index contributed by atoms with van der Waals surface area (Å²) in [6.07, 6.45) is 2.96. The average molecular weight is 408 g/mol. The molecular weight excluding hydrogens is 384 g/mol. The van der Waals surface area contributed by atoms with Crippen LogP contribution in [0.5, 0.6) is 23.7 Å². The topological polar surface area (TPSA) is 95.4 Å². The summed E-state index contributed by atoms with van der Waals surface area (Å²) in [4.78, 5) is 24.4. The molecule has 0 radical (unpaired) electrons. The Morgan fingerprint density at radius 2 is 1.63 bits per heavy atom. The van der Waals surface area contributed by atoms with Crippen molar-refractivity contribution in [2.45, 2.75) is 32.2 Å². The van der Waals surface area contributed by atoms with Gasteiger partial charge in [-0.05, 0) is 38.3 Å². The minimum Gasteiger partial charge on any atom is -0.467 e. The van der Waals surface area contributed by atoms with Crippen molar-refractivity contribution in [3.8, 4) is 23.7 Å². The van der Waals surface area contributed by atoms with Gasteiger partial charge in [0.25, 0.3) is 0 Å². The summed E-state index contributed by atoms with van der Waals surface area (Å²) in [6.45, 7) is 2.71. The highest BCUT2D eigenvalue weighted by atomic mass is 16.5. The third-order valence-electron chi connectivity index (χ3n) is 4.82. The van der Waals surface area contributed by atoms with Crippen LogP contribution in [0.2, 0.25) is 0 Å². The SMILES string of the molecule is COc1nc(OC)nc(N2CCCCC2c2nc(C)cc(Oc3ccccc3)n2)n1. The van der Waals surface area contributed by atoms with Gasteiger partial charge in [-0.15, -0.1) is 4.98 Å². The number of ether oxygens (including phenoxy) is 3. The molecule has 1 aliphatic rings. The van der Waals surface area contributed by atoms with Gasteiger partial charge in [0, 0.05) is 18.3 Å². The molecule has 1 saturated heterocycles. The van der Waals surface area contributed by atoms with Gasteiger partial charge in [-0.2, -0.15) is 15.0 Å². The second-order valence-corrected chi connectivity index (χ2v) is 6.93. The first kappa shape index (κ1) is 19.8. The Kier molecular flexibility index (Phi) is 5.87. The van der Waals surface area contributed by atoms with E-state index in [4.69, 9.17) is 24.2 Å². The molecule has 2 aromatic heterocycles. The summed E-state index contributed by atoms with van der Waals surface area (Å²) in [6, 6.07) is 11.7. The van der Waals surface area contributed by atoms with Crippen LogP contribution >= 0.6 is 0 Å². The molecule has 3 aromatic rings. The number of para-hydroxylation sites is 1. The molecule has 156 valence electrons. The molecule has 0 saturated carbocycles. The maximum atomic E-state index is 5.95. The number of aromatic nitrogens is 5. The van der Waals surface area contributed by atoms with Crippen molar-refractivity contribution >= 4 is 5.95 Å². The normalized spacial score (nSPS) is 16.2. The van der Waals surface area contributed by atoms with Crippen molar-refractivity contribution in [2.75, 3.05) is 25.7 Å². The highest BCUT2D eigenvalue weighted by molar-refractivity contribution is 5.37. The molecule has 0 amide bonds. The van der Waals surface area contributed by atoms with E-state index in [1.165, 1.54) is 14.2 Å². The molecule has 30 heavy (non-hydrogen) atoms. The quantitative estimate of drug-likeness (QED) is 0.607. The van der Waals surface area contributed by atoms with Gasteiger partial charge in [-0.25, -0.2) is 4.98 Å². The van der Waals surface area contributed by atoms with E-state index >= 15 is 0 Å². The fraction of sp³-hybridized carbons (Fsp3) is 0.381. The lowest BCUT2D eigenvalue weighted by molar-refractivity contribution is 0.336. The van der Waals surface area contributed by atoms with E-state index in [2.05, 4.69) is 19.9 Å². The lowest BCUT2D eigenvalue weighted by Gasteiger charge is -2.34. The van der Waals surface area contributed by atoms with E-state index in [9.17, 15) is 0 Å². The number of hydrogen-bond acceptors (Lipinski definition) is 9. The predicted octanol–water partition coefficient (Wildman–Crippen LogP) is 3.51. The zero-order valence-electron chi connectivity index (χ0n) is 17.3. The summed E-state index contributed by atoms with van der Waals surface area (Å²) in [7, 11) is 3.03. The van der Waals surface area contributed by atoms with Gasteiger partial charge < -0.3 is 19.1 Å². The van der Waals surface area contributed by atoms with Gasteiger partial charge in [-0.1, -0.05) is 18.2 Å². The zero-order valence-corrected chi connectivity index (χ0v) is 17.3. The molecule has 9 nitrogen and oxygen atoms in total. The van der Waals surface area contributed by atoms with Crippen LogP contribution in [0.4, 0.5) is 5.95 Å². The standard InChI is InChI=1S/C21H24N6O3/c1-14-13-17(30-15-9-5-4-6-10-15)23-18(22-14)16-11-7-8-12-27(16)19-24-20(28-2)26-21(25-19)29-3/h4-6,9-10,13,16H,7-8,11-12H2,1-3H3. The van der Waals surface area contributed by atoms with Gasteiger partial charge >= 0.3 is 12.0 Å². The fourth-order valence-electron chi connectivity index (χ4n) is 3.45. The van der Waals surface area contributed by atoms with Crippen molar-refractivity contribution < 1.29 is 14.2 Å². The fourth-order valence-corrected chi connectivity index (χ4v) is 3.45. The van der Waals surface area contributed by atoms with Crippen LogP contribution in [-0.4, -0.2) is 45.7 Å². The first-order chi connectivity index (χ1) is 14.7. The van der Waals surface area contributed by atoms with Gasteiger partial charge in [0.1, 0.15) is 5.75 Å². The van der Waals surface area contributed by atoms with Crippen LogP contribution in [0.25, 0.3) is 0 Å². The number of aryl methyl sites for hydroxylation is 1. The minimum atomic E-state index is -0.0893. The van der Waals surface area contributed by atoms with Crippen molar-refractivity contribution in [2.24, 2.45) is 0 Å². The highest BCUT2D eigenvalue weighted by Crippen LogP contribution is 2.34. The van der Waals surface area contributed by atoms with Crippen molar-refractivity contribution in [3.63, 3.8) is 0 Å². The molecule has 9 heteroatoms. The molecule has 1 fully saturated rings. The first-order valence-electron chi connectivity index (χ1n) is 9.85. The molecule has 0 N–H and O–H groups in total. The Morgan fingerprint density at radius 3 is 2.33 bits per heavy atom. The van der Waals surface area contributed by atoms with E-state index < -0.39 is 0 Å². The molecule has 4 rings (SSSR count). The molecule has 0 aliphatic carbocycles. The third kappa shape index (κ3) is 4.40. The molecule has 0 spiro atoms.